The van der Waals surface area contributed by atoms with Crippen molar-refractivity contribution in [1.29, 1.82) is 10.5 Å². The second-order valence-corrected chi connectivity index (χ2v) is 3.53. The van der Waals surface area contributed by atoms with Crippen molar-refractivity contribution in [2.45, 2.75) is 12.8 Å². The zero-order chi connectivity index (χ0) is 13.7. The van der Waals surface area contributed by atoms with E-state index in [-0.39, 0.29) is 22.3 Å². The molecule has 0 saturated carbocycles. The summed E-state index contributed by atoms with van der Waals surface area (Å²) in [6.45, 7) is 0. The molecule has 0 aromatic heterocycles. The number of carboxylic acid groups (broad SMARTS) is 2. The molecule has 2 N–H and O–H groups in total. The summed E-state index contributed by atoms with van der Waals surface area (Å²) in [6, 6.07) is 6.14. The van der Waals surface area contributed by atoms with Gasteiger partial charge in [-0.05, 0) is 23.3 Å². The Morgan fingerprint density at radius 1 is 1.06 bits per heavy atom. The first-order valence-corrected chi connectivity index (χ1v) is 4.87. The van der Waals surface area contributed by atoms with Crippen molar-refractivity contribution in [2.75, 3.05) is 0 Å². The molecule has 0 fully saturated rings. The van der Waals surface area contributed by atoms with E-state index in [2.05, 4.69) is 0 Å². The van der Waals surface area contributed by atoms with E-state index < -0.39 is 24.8 Å². The number of hydrogen-bond donors (Lipinski definition) is 2. The minimum absolute atomic E-state index is 0.0210. The van der Waals surface area contributed by atoms with Crippen LogP contribution in [0.25, 0.3) is 0 Å². The Bertz CT molecular complexity index is 593. The molecule has 0 saturated heterocycles. The van der Waals surface area contributed by atoms with Gasteiger partial charge in [-0.25, -0.2) is 0 Å². The monoisotopic (exact) mass is 244 g/mol. The minimum Gasteiger partial charge on any atom is -0.481 e. The van der Waals surface area contributed by atoms with Gasteiger partial charge in [0.1, 0.15) is 0 Å². The van der Waals surface area contributed by atoms with Gasteiger partial charge in [-0.1, -0.05) is 0 Å². The lowest BCUT2D eigenvalue weighted by atomic mass is 9.94. The van der Waals surface area contributed by atoms with Gasteiger partial charge in [-0.15, -0.1) is 0 Å². The van der Waals surface area contributed by atoms with Gasteiger partial charge in [0, 0.05) is 0 Å². The fraction of sp³-hybridized carbons (Fsp3) is 0.167. The maximum atomic E-state index is 10.7. The standard InChI is InChI=1S/C12H8N2O4/c13-5-7-1-8(3-11(15)16)10(4-12(17)18)9(2-7)6-14/h1-2H,3-4H2,(H,15,16)(H,17,18). The van der Waals surface area contributed by atoms with Gasteiger partial charge < -0.3 is 10.2 Å². The Morgan fingerprint density at radius 3 is 2.11 bits per heavy atom. The van der Waals surface area contributed by atoms with E-state index in [1.54, 1.807) is 12.1 Å². The summed E-state index contributed by atoms with van der Waals surface area (Å²) in [6.07, 6.45) is -0.871. The van der Waals surface area contributed by atoms with Crippen molar-refractivity contribution in [3.8, 4) is 12.1 Å². The third-order valence-corrected chi connectivity index (χ3v) is 2.26. The molecule has 0 bridgehead atoms. The van der Waals surface area contributed by atoms with Crippen LogP contribution in [0.5, 0.6) is 0 Å². The highest BCUT2D eigenvalue weighted by molar-refractivity contribution is 5.76. The van der Waals surface area contributed by atoms with E-state index in [1.807, 2.05) is 0 Å². The molecule has 0 atom stereocenters. The first-order valence-electron chi connectivity index (χ1n) is 4.87. The molecule has 1 aromatic carbocycles. The zero-order valence-electron chi connectivity index (χ0n) is 9.17. The molecule has 6 nitrogen and oxygen atoms in total. The second-order valence-electron chi connectivity index (χ2n) is 3.53. The van der Waals surface area contributed by atoms with Crippen LogP contribution in [-0.2, 0) is 22.4 Å². The summed E-state index contributed by atoms with van der Waals surface area (Å²) in [5.74, 6) is -2.32. The highest BCUT2D eigenvalue weighted by atomic mass is 16.4. The van der Waals surface area contributed by atoms with E-state index in [0.717, 1.165) is 0 Å². The summed E-state index contributed by atoms with van der Waals surface area (Å²) >= 11 is 0. The number of nitrogens with zero attached hydrogens (tertiary/aromatic N) is 2. The molecule has 1 rings (SSSR count). The zero-order valence-corrected chi connectivity index (χ0v) is 9.17. The van der Waals surface area contributed by atoms with Crippen LogP contribution >= 0.6 is 0 Å². The molecule has 1 aromatic rings. The maximum absolute atomic E-state index is 10.7. The fourth-order valence-electron chi connectivity index (χ4n) is 1.58. The Hall–Kier alpha value is -2.86. The minimum atomic E-state index is -1.16. The quantitative estimate of drug-likeness (QED) is 0.803. The molecular formula is C12H8N2O4. The third-order valence-electron chi connectivity index (χ3n) is 2.26. The van der Waals surface area contributed by atoms with Gasteiger partial charge >= 0.3 is 11.9 Å². The number of nitriles is 2. The van der Waals surface area contributed by atoms with Crippen LogP contribution in [0.3, 0.4) is 0 Å². The van der Waals surface area contributed by atoms with E-state index in [9.17, 15) is 9.59 Å². The summed E-state index contributed by atoms with van der Waals surface area (Å²) in [4.78, 5) is 21.4. The van der Waals surface area contributed by atoms with Crippen LogP contribution in [0.15, 0.2) is 12.1 Å². The predicted octanol–water partition coefficient (Wildman–Crippen LogP) is 0.684. The normalized spacial score (nSPS) is 9.22. The Labute approximate surface area is 102 Å². The summed E-state index contributed by atoms with van der Waals surface area (Å²) in [5.41, 5.74) is 0.483. The van der Waals surface area contributed by atoms with Crippen LogP contribution in [0, 0.1) is 22.7 Å². The van der Waals surface area contributed by atoms with Gasteiger partial charge in [0.05, 0.1) is 36.1 Å². The average molecular weight is 244 g/mol. The van der Waals surface area contributed by atoms with Gasteiger partial charge in [-0.2, -0.15) is 10.5 Å². The van der Waals surface area contributed by atoms with Gasteiger partial charge in [0.25, 0.3) is 0 Å². The lowest BCUT2D eigenvalue weighted by Gasteiger charge is -2.08. The number of benzene rings is 1. The topological polar surface area (TPSA) is 122 Å². The Kier molecular flexibility index (Phi) is 4.01. The van der Waals surface area contributed by atoms with Gasteiger partial charge in [0.15, 0.2) is 0 Å². The SMILES string of the molecule is N#Cc1cc(C#N)c(CC(=O)O)c(CC(=O)O)c1. The summed E-state index contributed by atoms with van der Waals surface area (Å²) in [5, 5.41) is 35.2. The van der Waals surface area contributed by atoms with Crippen LogP contribution in [-0.4, -0.2) is 22.2 Å². The van der Waals surface area contributed by atoms with Crippen molar-refractivity contribution in [1.82, 2.24) is 0 Å². The molecule has 0 aliphatic heterocycles. The van der Waals surface area contributed by atoms with Crippen molar-refractivity contribution in [3.05, 3.63) is 34.4 Å². The highest BCUT2D eigenvalue weighted by Gasteiger charge is 2.16. The fourth-order valence-corrected chi connectivity index (χ4v) is 1.58. The number of hydrogen-bond acceptors (Lipinski definition) is 4. The first-order chi connectivity index (χ1) is 8.47. The van der Waals surface area contributed by atoms with Crippen LogP contribution in [0.1, 0.15) is 22.3 Å². The van der Waals surface area contributed by atoms with Crippen LogP contribution in [0.4, 0.5) is 0 Å². The molecule has 0 amide bonds. The smallest absolute Gasteiger partial charge is 0.307 e. The van der Waals surface area contributed by atoms with Crippen molar-refractivity contribution in [3.63, 3.8) is 0 Å². The average Bonchev–Trinajstić information content (AvgIpc) is 2.29. The van der Waals surface area contributed by atoms with Crippen molar-refractivity contribution < 1.29 is 19.8 Å². The molecule has 18 heavy (non-hydrogen) atoms. The van der Waals surface area contributed by atoms with E-state index in [1.165, 1.54) is 12.1 Å². The first kappa shape index (κ1) is 13.2. The molecule has 6 heteroatoms. The van der Waals surface area contributed by atoms with E-state index >= 15 is 0 Å². The van der Waals surface area contributed by atoms with Crippen LogP contribution < -0.4 is 0 Å². The lowest BCUT2D eigenvalue weighted by molar-refractivity contribution is -0.137. The summed E-state index contributed by atoms with van der Waals surface area (Å²) < 4.78 is 0. The third kappa shape index (κ3) is 3.06. The Morgan fingerprint density at radius 2 is 1.67 bits per heavy atom. The van der Waals surface area contributed by atoms with Gasteiger partial charge in [0.2, 0.25) is 0 Å². The molecular weight excluding hydrogens is 236 g/mol. The van der Waals surface area contributed by atoms with Crippen LogP contribution in [0.2, 0.25) is 0 Å². The lowest BCUT2D eigenvalue weighted by Crippen LogP contribution is -2.10. The highest BCUT2D eigenvalue weighted by Crippen LogP contribution is 2.19. The van der Waals surface area contributed by atoms with E-state index in [4.69, 9.17) is 20.7 Å². The largest absolute Gasteiger partial charge is 0.481 e. The van der Waals surface area contributed by atoms with Gasteiger partial charge in [-0.3, -0.25) is 9.59 Å². The summed E-state index contributed by atoms with van der Waals surface area (Å²) in [7, 11) is 0. The van der Waals surface area contributed by atoms with E-state index in [0.29, 0.717) is 0 Å². The van der Waals surface area contributed by atoms with Crippen molar-refractivity contribution in [2.24, 2.45) is 0 Å². The van der Waals surface area contributed by atoms with Crippen molar-refractivity contribution >= 4 is 11.9 Å². The second kappa shape index (κ2) is 5.46. The molecule has 0 aliphatic carbocycles. The molecule has 0 radical (unpaired) electrons. The molecule has 90 valence electrons. The maximum Gasteiger partial charge on any atom is 0.307 e. The number of carboxylic acids is 2. The number of carbonyl (C=O) groups is 2. The number of rotatable bonds is 4. The molecule has 0 spiro atoms. The number of aliphatic carboxylic acids is 2. The molecule has 0 heterocycles. The Balaban J connectivity index is 3.43. The molecule has 0 unspecified atom stereocenters. The molecule has 0 aliphatic rings. The predicted molar refractivity (Wildman–Crippen MR) is 58.6 cm³/mol.